The highest BCUT2D eigenvalue weighted by molar-refractivity contribution is 5.97. The van der Waals surface area contributed by atoms with Crippen LogP contribution in [-0.4, -0.2) is 36.1 Å². The molecule has 114 valence electrons. The first-order valence-corrected chi connectivity index (χ1v) is 7.86. The van der Waals surface area contributed by atoms with E-state index in [1.54, 1.807) is 18.2 Å². The fourth-order valence-corrected chi connectivity index (χ4v) is 3.82. The number of benzene rings is 1. The first kappa shape index (κ1) is 14.2. The maximum absolute atomic E-state index is 12.7. The Morgan fingerprint density at radius 3 is 2.76 bits per heavy atom. The number of carbonyl (C=O) groups is 1. The number of rotatable bonds is 2. The number of phenolic OH excluding ortho intramolecular Hbond substituents is 1. The summed E-state index contributed by atoms with van der Waals surface area (Å²) in [6.07, 6.45) is 6.27. The third-order valence-electron chi connectivity index (χ3n) is 5.03. The second-order valence-corrected chi connectivity index (χ2v) is 6.20. The van der Waals surface area contributed by atoms with Crippen LogP contribution in [0.15, 0.2) is 18.2 Å². The summed E-state index contributed by atoms with van der Waals surface area (Å²) in [5.41, 5.74) is 0.351. The molecule has 1 saturated heterocycles. The number of nitrogens with zero attached hydrogens (tertiary/aromatic N) is 1. The van der Waals surface area contributed by atoms with Crippen molar-refractivity contribution in [3.05, 3.63) is 23.8 Å². The summed E-state index contributed by atoms with van der Waals surface area (Å²) in [7, 11) is 1.50. The van der Waals surface area contributed by atoms with Crippen molar-refractivity contribution < 1.29 is 14.6 Å². The van der Waals surface area contributed by atoms with Crippen molar-refractivity contribution in [2.45, 2.75) is 32.1 Å². The standard InChI is InChI=1S/C17H23NO3/c1-21-15-8-4-7-14(16(15)19)17(20)18-10-9-12-5-2-3-6-13(12)11-18/h4,7-8,12-13,19H,2-3,5-6,9-11H2,1H3. The van der Waals surface area contributed by atoms with Crippen LogP contribution in [0.25, 0.3) is 0 Å². The first-order valence-electron chi connectivity index (χ1n) is 7.86. The lowest BCUT2D eigenvalue weighted by Crippen LogP contribution is -2.44. The van der Waals surface area contributed by atoms with Crippen LogP contribution in [0.4, 0.5) is 0 Å². The molecule has 2 fully saturated rings. The Morgan fingerprint density at radius 2 is 2.00 bits per heavy atom. The minimum absolute atomic E-state index is 0.0456. The van der Waals surface area contributed by atoms with Gasteiger partial charge in [-0.1, -0.05) is 25.3 Å². The van der Waals surface area contributed by atoms with E-state index in [1.165, 1.54) is 32.8 Å². The molecule has 1 aromatic rings. The van der Waals surface area contributed by atoms with Crippen LogP contribution in [-0.2, 0) is 0 Å². The van der Waals surface area contributed by atoms with Crippen molar-refractivity contribution in [2.24, 2.45) is 11.8 Å². The third kappa shape index (κ3) is 2.71. The van der Waals surface area contributed by atoms with Gasteiger partial charge in [-0.15, -0.1) is 0 Å². The van der Waals surface area contributed by atoms with Gasteiger partial charge in [0.05, 0.1) is 12.7 Å². The fraction of sp³-hybridized carbons (Fsp3) is 0.588. The molecule has 2 unspecified atom stereocenters. The van der Waals surface area contributed by atoms with Gasteiger partial charge < -0.3 is 14.7 Å². The van der Waals surface area contributed by atoms with E-state index in [2.05, 4.69) is 0 Å². The smallest absolute Gasteiger partial charge is 0.257 e. The highest BCUT2D eigenvalue weighted by atomic mass is 16.5. The molecule has 1 amide bonds. The number of phenols is 1. The van der Waals surface area contributed by atoms with Crippen molar-refractivity contribution in [3.8, 4) is 11.5 Å². The maximum atomic E-state index is 12.7. The van der Waals surface area contributed by atoms with Gasteiger partial charge in [-0.25, -0.2) is 0 Å². The first-order chi connectivity index (χ1) is 10.2. The highest BCUT2D eigenvalue weighted by Crippen LogP contribution is 2.37. The Bertz CT molecular complexity index is 529. The molecular weight excluding hydrogens is 266 g/mol. The zero-order valence-corrected chi connectivity index (χ0v) is 12.5. The molecule has 4 heteroatoms. The van der Waals surface area contributed by atoms with Gasteiger partial charge in [0.1, 0.15) is 0 Å². The lowest BCUT2D eigenvalue weighted by Gasteiger charge is -2.41. The lowest BCUT2D eigenvalue weighted by atomic mass is 9.75. The van der Waals surface area contributed by atoms with Crippen molar-refractivity contribution in [2.75, 3.05) is 20.2 Å². The van der Waals surface area contributed by atoms with E-state index in [0.717, 1.165) is 25.4 Å². The molecule has 4 nitrogen and oxygen atoms in total. The molecule has 0 aromatic heterocycles. The quantitative estimate of drug-likeness (QED) is 0.910. The maximum Gasteiger partial charge on any atom is 0.257 e. The second kappa shape index (κ2) is 5.96. The molecule has 1 saturated carbocycles. The predicted molar refractivity (Wildman–Crippen MR) is 80.6 cm³/mol. The van der Waals surface area contributed by atoms with Gasteiger partial charge >= 0.3 is 0 Å². The van der Waals surface area contributed by atoms with E-state index in [4.69, 9.17) is 4.74 Å². The Morgan fingerprint density at radius 1 is 1.24 bits per heavy atom. The molecule has 2 atom stereocenters. The normalized spacial score (nSPS) is 25.3. The molecule has 1 aromatic carbocycles. The number of ether oxygens (including phenoxy) is 1. The number of likely N-dealkylation sites (tertiary alicyclic amines) is 1. The molecule has 1 N–H and O–H groups in total. The molecule has 1 aliphatic heterocycles. The minimum Gasteiger partial charge on any atom is -0.504 e. The zero-order valence-electron chi connectivity index (χ0n) is 12.5. The molecule has 2 aliphatic rings. The summed E-state index contributed by atoms with van der Waals surface area (Å²) in [5, 5.41) is 10.1. The van der Waals surface area contributed by atoms with Crippen LogP contribution in [0.2, 0.25) is 0 Å². The average Bonchev–Trinajstić information content (AvgIpc) is 2.54. The number of hydrogen-bond acceptors (Lipinski definition) is 3. The third-order valence-corrected chi connectivity index (χ3v) is 5.03. The van der Waals surface area contributed by atoms with Crippen LogP contribution < -0.4 is 4.74 Å². The average molecular weight is 289 g/mol. The van der Waals surface area contributed by atoms with Crippen molar-refractivity contribution in [1.82, 2.24) is 4.90 Å². The predicted octanol–water partition coefficient (Wildman–Crippen LogP) is 3.05. The Kier molecular flexibility index (Phi) is 4.04. The van der Waals surface area contributed by atoms with Crippen molar-refractivity contribution in [3.63, 3.8) is 0 Å². The van der Waals surface area contributed by atoms with Crippen LogP contribution in [0.5, 0.6) is 11.5 Å². The lowest BCUT2D eigenvalue weighted by molar-refractivity contribution is 0.0518. The van der Waals surface area contributed by atoms with Crippen LogP contribution in [0, 0.1) is 11.8 Å². The monoisotopic (exact) mass is 289 g/mol. The van der Waals surface area contributed by atoms with E-state index in [-0.39, 0.29) is 11.7 Å². The van der Waals surface area contributed by atoms with Crippen LogP contribution in [0.1, 0.15) is 42.5 Å². The molecule has 1 aliphatic carbocycles. The van der Waals surface area contributed by atoms with E-state index in [1.807, 2.05) is 4.90 Å². The topological polar surface area (TPSA) is 49.8 Å². The number of piperidine rings is 1. The number of methoxy groups -OCH3 is 1. The molecule has 1 heterocycles. The van der Waals surface area contributed by atoms with Crippen LogP contribution in [0.3, 0.4) is 0 Å². The highest BCUT2D eigenvalue weighted by Gasteiger charge is 2.33. The number of carbonyl (C=O) groups excluding carboxylic acids is 1. The number of amides is 1. The molecule has 0 radical (unpaired) electrons. The van der Waals surface area contributed by atoms with Gasteiger partial charge in [0.2, 0.25) is 0 Å². The van der Waals surface area contributed by atoms with Crippen LogP contribution >= 0.6 is 0 Å². The van der Waals surface area contributed by atoms with Gasteiger partial charge in [-0.3, -0.25) is 4.79 Å². The minimum atomic E-state index is -0.0737. The summed E-state index contributed by atoms with van der Waals surface area (Å²) in [5.74, 6) is 1.67. The van der Waals surface area contributed by atoms with E-state index in [0.29, 0.717) is 17.2 Å². The van der Waals surface area contributed by atoms with Gasteiger partial charge in [0, 0.05) is 13.1 Å². The number of hydrogen-bond donors (Lipinski definition) is 1. The fourth-order valence-electron chi connectivity index (χ4n) is 3.82. The molecule has 21 heavy (non-hydrogen) atoms. The number of aromatic hydroxyl groups is 1. The molecular formula is C17H23NO3. The Hall–Kier alpha value is -1.71. The Balaban J connectivity index is 1.76. The van der Waals surface area contributed by atoms with Gasteiger partial charge in [-0.05, 0) is 36.8 Å². The van der Waals surface area contributed by atoms with Crippen molar-refractivity contribution >= 4 is 5.91 Å². The summed E-state index contributed by atoms with van der Waals surface area (Å²) < 4.78 is 5.09. The van der Waals surface area contributed by atoms with Gasteiger partial charge in [0.15, 0.2) is 11.5 Å². The summed E-state index contributed by atoms with van der Waals surface area (Å²) in [6.45, 7) is 1.64. The van der Waals surface area contributed by atoms with E-state index < -0.39 is 0 Å². The Labute approximate surface area is 125 Å². The summed E-state index contributed by atoms with van der Waals surface area (Å²) in [6, 6.07) is 5.09. The number of fused-ring (bicyclic) bond motifs is 1. The van der Waals surface area contributed by atoms with E-state index >= 15 is 0 Å². The number of para-hydroxylation sites is 1. The second-order valence-electron chi connectivity index (χ2n) is 6.20. The van der Waals surface area contributed by atoms with Gasteiger partial charge in [-0.2, -0.15) is 0 Å². The van der Waals surface area contributed by atoms with E-state index in [9.17, 15) is 9.90 Å². The zero-order chi connectivity index (χ0) is 14.8. The largest absolute Gasteiger partial charge is 0.504 e. The van der Waals surface area contributed by atoms with Gasteiger partial charge in [0.25, 0.3) is 5.91 Å². The summed E-state index contributed by atoms with van der Waals surface area (Å²) in [4.78, 5) is 14.6. The van der Waals surface area contributed by atoms with Crippen molar-refractivity contribution in [1.29, 1.82) is 0 Å². The molecule has 3 rings (SSSR count). The SMILES string of the molecule is COc1cccc(C(=O)N2CCC3CCCCC3C2)c1O. The molecule has 0 spiro atoms. The summed E-state index contributed by atoms with van der Waals surface area (Å²) >= 11 is 0. The molecule has 0 bridgehead atoms.